The molecule has 0 atom stereocenters. The number of hydrogen-bond acceptors (Lipinski definition) is 4. The average Bonchev–Trinajstić information content (AvgIpc) is 3.20. The van der Waals surface area contributed by atoms with Crippen LogP contribution in [0.4, 0.5) is 0 Å². The minimum Gasteiger partial charge on any atom is -0.496 e. The molecule has 0 amide bonds. The zero-order chi connectivity index (χ0) is 19.5. The first kappa shape index (κ1) is 18.2. The molecule has 0 aliphatic carbocycles. The lowest BCUT2D eigenvalue weighted by molar-refractivity contribution is 0.416. The molecule has 3 heterocycles. The van der Waals surface area contributed by atoms with Gasteiger partial charge in [-0.3, -0.25) is 14.6 Å². The Morgan fingerprint density at radius 2 is 1.93 bits per heavy atom. The van der Waals surface area contributed by atoms with Gasteiger partial charge in [0.05, 0.1) is 30.1 Å². The van der Waals surface area contributed by atoms with Crippen LogP contribution in [-0.4, -0.2) is 26.9 Å². The van der Waals surface area contributed by atoms with Crippen LogP contribution in [0.5, 0.6) is 5.75 Å². The molecule has 0 spiro atoms. The van der Waals surface area contributed by atoms with E-state index in [0.717, 1.165) is 52.0 Å². The lowest BCUT2D eigenvalue weighted by Gasteiger charge is -2.12. The van der Waals surface area contributed by atoms with Crippen molar-refractivity contribution in [3.05, 3.63) is 61.2 Å². The van der Waals surface area contributed by atoms with Gasteiger partial charge in [0.25, 0.3) is 0 Å². The van der Waals surface area contributed by atoms with Crippen LogP contribution in [0.25, 0.3) is 33.3 Å². The third-order valence-electron chi connectivity index (χ3n) is 4.87. The van der Waals surface area contributed by atoms with Crippen LogP contribution in [0.3, 0.4) is 0 Å². The van der Waals surface area contributed by atoms with Gasteiger partial charge in [-0.25, -0.2) is 0 Å². The van der Waals surface area contributed by atoms with E-state index in [1.54, 1.807) is 13.3 Å². The molecule has 4 aromatic rings. The van der Waals surface area contributed by atoms with Crippen molar-refractivity contribution in [3.63, 3.8) is 0 Å². The highest BCUT2D eigenvalue weighted by Gasteiger charge is 2.17. The SMILES string of the molecule is COc1ccnc(-c2ccc3cccnc3c2)c1-c1cnn(CCC(C)C)c1. The standard InChI is InChI=1S/C23H24N4O/c1-16(2)9-12-27-15-19(14-26-27)22-21(28-3)8-11-25-23(22)18-7-6-17-5-4-10-24-20(17)13-18/h4-8,10-11,13-16H,9,12H2,1-3H3. The minimum absolute atomic E-state index is 0.640. The monoisotopic (exact) mass is 372 g/mol. The van der Waals surface area contributed by atoms with Crippen molar-refractivity contribution in [2.75, 3.05) is 7.11 Å². The summed E-state index contributed by atoms with van der Waals surface area (Å²) in [5.41, 5.74) is 4.79. The fourth-order valence-electron chi connectivity index (χ4n) is 3.33. The molecule has 142 valence electrons. The van der Waals surface area contributed by atoms with Crippen LogP contribution in [0.15, 0.2) is 61.2 Å². The highest BCUT2D eigenvalue weighted by molar-refractivity contribution is 5.89. The number of ether oxygens (including phenoxy) is 1. The van der Waals surface area contributed by atoms with Crippen LogP contribution in [0.1, 0.15) is 20.3 Å². The third kappa shape index (κ3) is 3.60. The van der Waals surface area contributed by atoms with Gasteiger partial charge < -0.3 is 4.74 Å². The van der Waals surface area contributed by atoms with E-state index < -0.39 is 0 Å². The van der Waals surface area contributed by atoms with Crippen molar-refractivity contribution in [2.24, 2.45) is 5.92 Å². The number of aryl methyl sites for hydroxylation is 1. The summed E-state index contributed by atoms with van der Waals surface area (Å²) in [6, 6.07) is 12.1. The van der Waals surface area contributed by atoms with Gasteiger partial charge in [0, 0.05) is 41.6 Å². The Kier molecular flexibility index (Phi) is 5.06. The molecule has 5 nitrogen and oxygen atoms in total. The topological polar surface area (TPSA) is 52.8 Å². The molecule has 4 rings (SSSR count). The van der Waals surface area contributed by atoms with E-state index >= 15 is 0 Å². The Labute approximate surface area is 165 Å². The molecule has 5 heteroatoms. The summed E-state index contributed by atoms with van der Waals surface area (Å²) in [5, 5.41) is 5.65. The van der Waals surface area contributed by atoms with Gasteiger partial charge in [0.2, 0.25) is 0 Å². The normalized spacial score (nSPS) is 11.3. The van der Waals surface area contributed by atoms with E-state index in [1.165, 1.54) is 0 Å². The number of aromatic nitrogens is 4. The molecule has 3 aromatic heterocycles. The van der Waals surface area contributed by atoms with Crippen molar-refractivity contribution < 1.29 is 4.74 Å². The summed E-state index contributed by atoms with van der Waals surface area (Å²) in [5.74, 6) is 1.43. The molecule has 28 heavy (non-hydrogen) atoms. The van der Waals surface area contributed by atoms with Crippen molar-refractivity contribution in [1.82, 2.24) is 19.7 Å². The van der Waals surface area contributed by atoms with Gasteiger partial charge >= 0.3 is 0 Å². The molecule has 0 unspecified atom stereocenters. The average molecular weight is 372 g/mol. The predicted molar refractivity (Wildman–Crippen MR) is 112 cm³/mol. The number of nitrogens with zero attached hydrogens (tertiary/aromatic N) is 4. The van der Waals surface area contributed by atoms with Crippen LogP contribution in [-0.2, 0) is 6.54 Å². The van der Waals surface area contributed by atoms with Crippen molar-refractivity contribution in [2.45, 2.75) is 26.8 Å². The fourth-order valence-corrected chi connectivity index (χ4v) is 3.33. The maximum Gasteiger partial charge on any atom is 0.130 e. The van der Waals surface area contributed by atoms with E-state index in [1.807, 2.05) is 29.2 Å². The first-order valence-electron chi connectivity index (χ1n) is 9.56. The van der Waals surface area contributed by atoms with E-state index in [2.05, 4.69) is 59.4 Å². The molecule has 0 bridgehead atoms. The Morgan fingerprint density at radius 1 is 1.04 bits per heavy atom. The summed E-state index contributed by atoms with van der Waals surface area (Å²) in [4.78, 5) is 9.16. The second-order valence-electron chi connectivity index (χ2n) is 7.32. The Morgan fingerprint density at radius 3 is 2.75 bits per heavy atom. The summed E-state index contributed by atoms with van der Waals surface area (Å²) in [7, 11) is 1.69. The smallest absolute Gasteiger partial charge is 0.130 e. The second kappa shape index (κ2) is 7.80. The van der Waals surface area contributed by atoms with Gasteiger partial charge in [-0.1, -0.05) is 32.0 Å². The molecule has 0 saturated heterocycles. The lowest BCUT2D eigenvalue weighted by atomic mass is 9.99. The Balaban J connectivity index is 1.80. The van der Waals surface area contributed by atoms with Crippen molar-refractivity contribution in [1.29, 1.82) is 0 Å². The summed E-state index contributed by atoms with van der Waals surface area (Å²) >= 11 is 0. The largest absolute Gasteiger partial charge is 0.496 e. The third-order valence-corrected chi connectivity index (χ3v) is 4.87. The molecule has 0 N–H and O–H groups in total. The van der Waals surface area contributed by atoms with Gasteiger partial charge in [-0.15, -0.1) is 0 Å². The number of pyridine rings is 2. The fraction of sp³-hybridized carbons (Fsp3) is 0.261. The number of fused-ring (bicyclic) bond motifs is 1. The van der Waals surface area contributed by atoms with Gasteiger partial charge in [-0.2, -0.15) is 5.10 Å². The molecule has 0 saturated carbocycles. The van der Waals surface area contributed by atoms with Gasteiger partial charge in [-0.05, 0) is 30.5 Å². The molecule has 0 radical (unpaired) electrons. The number of methoxy groups -OCH3 is 1. The zero-order valence-electron chi connectivity index (χ0n) is 16.5. The molecular weight excluding hydrogens is 348 g/mol. The van der Waals surface area contributed by atoms with Crippen LogP contribution in [0, 0.1) is 5.92 Å². The van der Waals surface area contributed by atoms with Crippen LogP contribution >= 0.6 is 0 Å². The zero-order valence-corrected chi connectivity index (χ0v) is 16.5. The second-order valence-corrected chi connectivity index (χ2v) is 7.32. The maximum absolute atomic E-state index is 5.66. The maximum atomic E-state index is 5.66. The molecule has 0 fully saturated rings. The Hall–Kier alpha value is -3.21. The van der Waals surface area contributed by atoms with Crippen molar-refractivity contribution >= 4 is 10.9 Å². The van der Waals surface area contributed by atoms with Crippen LogP contribution < -0.4 is 4.74 Å². The van der Waals surface area contributed by atoms with Crippen LogP contribution in [0.2, 0.25) is 0 Å². The van der Waals surface area contributed by atoms with Crippen molar-refractivity contribution in [3.8, 4) is 28.1 Å². The summed E-state index contributed by atoms with van der Waals surface area (Å²) < 4.78 is 7.66. The molecule has 0 aliphatic heterocycles. The Bertz CT molecular complexity index is 1100. The molecular formula is C23H24N4O. The van der Waals surface area contributed by atoms with Gasteiger partial charge in [0.15, 0.2) is 0 Å². The number of rotatable bonds is 6. The quantitative estimate of drug-likeness (QED) is 0.466. The minimum atomic E-state index is 0.640. The summed E-state index contributed by atoms with van der Waals surface area (Å²) in [6.07, 6.45) is 8.65. The molecule has 0 aliphatic rings. The highest BCUT2D eigenvalue weighted by atomic mass is 16.5. The number of hydrogen-bond donors (Lipinski definition) is 0. The van der Waals surface area contributed by atoms with E-state index in [-0.39, 0.29) is 0 Å². The number of benzene rings is 1. The lowest BCUT2D eigenvalue weighted by Crippen LogP contribution is -2.01. The van der Waals surface area contributed by atoms with Gasteiger partial charge in [0.1, 0.15) is 5.75 Å². The highest BCUT2D eigenvalue weighted by Crippen LogP contribution is 2.38. The van der Waals surface area contributed by atoms with E-state index in [0.29, 0.717) is 5.92 Å². The first-order chi connectivity index (χ1) is 13.7. The first-order valence-corrected chi connectivity index (χ1v) is 9.56. The van der Waals surface area contributed by atoms with E-state index in [4.69, 9.17) is 4.74 Å². The molecule has 1 aromatic carbocycles. The van der Waals surface area contributed by atoms with E-state index in [9.17, 15) is 0 Å². The predicted octanol–water partition coefficient (Wildman–Crippen LogP) is 5.22. The summed E-state index contributed by atoms with van der Waals surface area (Å²) in [6.45, 7) is 5.34.